The van der Waals surface area contributed by atoms with Crippen molar-refractivity contribution in [2.24, 2.45) is 16.7 Å². The third-order valence-corrected chi connectivity index (χ3v) is 11.2. The molecule has 1 aromatic heterocycles. The largest absolute Gasteiger partial charge is 0.394 e. The zero-order valence-corrected chi connectivity index (χ0v) is 24.2. The van der Waals surface area contributed by atoms with Gasteiger partial charge in [-0.05, 0) is 54.7 Å². The summed E-state index contributed by atoms with van der Waals surface area (Å²) in [4.78, 5) is 30.2. The minimum absolute atomic E-state index is 0.00474. The number of hydrogen-bond donors (Lipinski definition) is 4. The number of carbonyl (C=O) groups is 2. The number of aliphatic hydroxyl groups excluding tert-OH is 1. The Morgan fingerprint density at radius 3 is 2.50 bits per heavy atom. The fourth-order valence-electron chi connectivity index (χ4n) is 7.04. The van der Waals surface area contributed by atoms with E-state index in [0.717, 1.165) is 28.5 Å². The van der Waals surface area contributed by atoms with Gasteiger partial charge in [0.05, 0.1) is 18.4 Å². The number of sulfonamides is 1. The number of hydrogen-bond acceptors (Lipinski definition) is 5. The lowest BCUT2D eigenvalue weighted by molar-refractivity contribution is -0.128. The molecule has 214 valence electrons. The Balaban J connectivity index is 1.44. The Morgan fingerprint density at radius 2 is 1.85 bits per heavy atom. The van der Waals surface area contributed by atoms with E-state index in [-0.39, 0.29) is 30.5 Å². The Bertz CT molecular complexity index is 1520. The lowest BCUT2D eigenvalue weighted by Crippen LogP contribution is -2.61. The molecule has 8 nitrogen and oxygen atoms in total. The molecule has 0 saturated heterocycles. The number of aromatic nitrogens is 1. The van der Waals surface area contributed by atoms with E-state index in [2.05, 4.69) is 15.0 Å². The van der Waals surface area contributed by atoms with Crippen molar-refractivity contribution in [2.45, 2.75) is 64.5 Å². The number of nitrogens with one attached hydrogen (secondary N) is 3. The summed E-state index contributed by atoms with van der Waals surface area (Å²) in [6.07, 6.45) is 4.05. The van der Waals surface area contributed by atoms with Crippen LogP contribution >= 0.6 is 0 Å². The van der Waals surface area contributed by atoms with Crippen molar-refractivity contribution >= 4 is 32.6 Å². The molecule has 2 aromatic carbocycles. The number of Topliss-reactive ketones (excluding diaryl/α,β-unsaturated/α-hetero) is 1. The molecule has 4 atom stereocenters. The molecule has 0 radical (unpaired) electrons. The van der Waals surface area contributed by atoms with Crippen molar-refractivity contribution < 1.29 is 23.1 Å². The van der Waals surface area contributed by atoms with Crippen molar-refractivity contribution in [3.8, 4) is 0 Å². The van der Waals surface area contributed by atoms with E-state index in [9.17, 15) is 23.1 Å². The number of carbonyl (C=O) groups excluding carboxylic acids is 2. The lowest BCUT2D eigenvalue weighted by Gasteiger charge is -2.38. The summed E-state index contributed by atoms with van der Waals surface area (Å²) in [6, 6.07) is 16.5. The number of aliphatic hydroxyl groups is 1. The number of rotatable bonds is 11. The second-order valence-corrected chi connectivity index (χ2v) is 14.2. The van der Waals surface area contributed by atoms with Gasteiger partial charge in [0.2, 0.25) is 15.9 Å². The van der Waals surface area contributed by atoms with Gasteiger partial charge < -0.3 is 15.4 Å². The molecule has 2 aliphatic rings. The van der Waals surface area contributed by atoms with Crippen LogP contribution in [0.5, 0.6) is 0 Å². The molecule has 0 aliphatic heterocycles. The summed E-state index contributed by atoms with van der Waals surface area (Å²) in [6.45, 7) is 5.27. The van der Waals surface area contributed by atoms with Crippen LogP contribution in [0.25, 0.3) is 10.9 Å². The van der Waals surface area contributed by atoms with Crippen LogP contribution in [0, 0.1) is 16.7 Å². The molecule has 2 bridgehead atoms. The number of H-pyrrole nitrogens is 1. The Labute approximate surface area is 236 Å². The van der Waals surface area contributed by atoms with Gasteiger partial charge in [-0.15, -0.1) is 0 Å². The summed E-state index contributed by atoms with van der Waals surface area (Å²) < 4.78 is 30.5. The minimum atomic E-state index is -4.08. The molecule has 3 aromatic rings. The van der Waals surface area contributed by atoms with E-state index in [1.165, 1.54) is 0 Å². The molecule has 2 fully saturated rings. The first-order chi connectivity index (χ1) is 18.9. The van der Waals surface area contributed by atoms with Gasteiger partial charge in [0.25, 0.3) is 0 Å². The standard InChI is InChI=1S/C31H39N3O5S/c1-29(2)23-13-14-31(29,27(36)16-23)20-40(38,39)34-30(3,17-22-18-32-26-12-8-7-11-25(22)26)28(37)33-24(19-35)15-21-9-5-4-6-10-21/h4-12,18,23-24,32,34-35H,13-17,19-20H2,1-3H3,(H,33,37). The molecular weight excluding hydrogens is 526 g/mol. The first-order valence-electron chi connectivity index (χ1n) is 13.9. The van der Waals surface area contributed by atoms with Gasteiger partial charge in [-0.2, -0.15) is 4.72 Å². The van der Waals surface area contributed by atoms with Crippen molar-refractivity contribution in [1.82, 2.24) is 15.0 Å². The van der Waals surface area contributed by atoms with E-state index in [1.807, 2.05) is 68.4 Å². The number of amides is 1. The van der Waals surface area contributed by atoms with E-state index in [1.54, 1.807) is 13.1 Å². The van der Waals surface area contributed by atoms with Crippen LogP contribution in [-0.4, -0.2) is 54.1 Å². The average molecular weight is 566 g/mol. The third kappa shape index (κ3) is 5.10. The van der Waals surface area contributed by atoms with E-state index in [0.29, 0.717) is 19.3 Å². The smallest absolute Gasteiger partial charge is 0.241 e. The molecule has 4 N–H and O–H groups in total. The molecule has 0 spiro atoms. The van der Waals surface area contributed by atoms with E-state index < -0.39 is 38.3 Å². The third-order valence-electron chi connectivity index (χ3n) is 9.56. The lowest BCUT2D eigenvalue weighted by atomic mass is 9.70. The van der Waals surface area contributed by atoms with Crippen LogP contribution < -0.4 is 10.0 Å². The highest BCUT2D eigenvalue weighted by atomic mass is 32.2. The van der Waals surface area contributed by atoms with Crippen LogP contribution in [0.15, 0.2) is 60.8 Å². The number of para-hydroxylation sites is 1. The van der Waals surface area contributed by atoms with Crippen LogP contribution in [-0.2, 0) is 32.5 Å². The molecule has 4 unspecified atom stereocenters. The fraction of sp³-hybridized carbons (Fsp3) is 0.484. The fourth-order valence-corrected chi connectivity index (χ4v) is 9.29. The van der Waals surface area contributed by atoms with Crippen molar-refractivity contribution in [3.05, 3.63) is 71.9 Å². The van der Waals surface area contributed by atoms with Crippen LogP contribution in [0.4, 0.5) is 0 Å². The van der Waals surface area contributed by atoms with Crippen LogP contribution in [0.1, 0.15) is 51.2 Å². The summed E-state index contributed by atoms with van der Waals surface area (Å²) >= 11 is 0. The van der Waals surface area contributed by atoms with Gasteiger partial charge in [0.1, 0.15) is 11.3 Å². The summed E-state index contributed by atoms with van der Waals surface area (Å²) in [5, 5.41) is 13.9. The number of fused-ring (bicyclic) bond motifs is 3. The quantitative estimate of drug-likeness (QED) is 0.283. The topological polar surface area (TPSA) is 128 Å². The second-order valence-electron chi connectivity index (χ2n) is 12.4. The van der Waals surface area contributed by atoms with E-state index >= 15 is 0 Å². The maximum atomic E-state index is 13.9. The van der Waals surface area contributed by atoms with Gasteiger partial charge in [0.15, 0.2) is 0 Å². The summed E-state index contributed by atoms with van der Waals surface area (Å²) in [5.74, 6) is -0.688. The minimum Gasteiger partial charge on any atom is -0.394 e. The zero-order valence-electron chi connectivity index (χ0n) is 23.4. The Hall–Kier alpha value is -3.01. The summed E-state index contributed by atoms with van der Waals surface area (Å²) in [7, 11) is -4.08. The molecule has 9 heteroatoms. The monoisotopic (exact) mass is 565 g/mol. The molecule has 1 heterocycles. The average Bonchev–Trinajstić information content (AvgIpc) is 3.47. The van der Waals surface area contributed by atoms with Gasteiger partial charge in [-0.3, -0.25) is 9.59 Å². The highest BCUT2D eigenvalue weighted by Crippen LogP contribution is 2.64. The molecule has 1 amide bonds. The Kier molecular flexibility index (Phi) is 7.44. The van der Waals surface area contributed by atoms with Crippen LogP contribution in [0.3, 0.4) is 0 Å². The van der Waals surface area contributed by atoms with Crippen molar-refractivity contribution in [1.29, 1.82) is 0 Å². The predicted octanol–water partition coefficient (Wildman–Crippen LogP) is 3.50. The highest BCUT2D eigenvalue weighted by molar-refractivity contribution is 7.89. The second kappa shape index (κ2) is 10.4. The number of aromatic amines is 1. The molecule has 2 aliphatic carbocycles. The van der Waals surface area contributed by atoms with Crippen LogP contribution in [0.2, 0.25) is 0 Å². The maximum absolute atomic E-state index is 13.9. The summed E-state index contributed by atoms with van der Waals surface area (Å²) in [5.41, 5.74) is -0.341. The first-order valence-corrected chi connectivity index (χ1v) is 15.6. The zero-order chi connectivity index (χ0) is 28.8. The maximum Gasteiger partial charge on any atom is 0.241 e. The molecule has 5 rings (SSSR count). The van der Waals surface area contributed by atoms with Gasteiger partial charge in [-0.1, -0.05) is 62.4 Å². The van der Waals surface area contributed by atoms with Gasteiger partial charge in [-0.25, -0.2) is 8.42 Å². The highest BCUT2D eigenvalue weighted by Gasteiger charge is 2.65. The molecular formula is C31H39N3O5S. The number of ketones is 1. The molecule has 2 saturated carbocycles. The van der Waals surface area contributed by atoms with E-state index in [4.69, 9.17) is 0 Å². The molecule has 40 heavy (non-hydrogen) atoms. The SMILES string of the molecule is CC(Cc1c[nH]c2ccccc12)(NS(=O)(=O)CC12CCC(CC1=O)C2(C)C)C(=O)NC(CO)Cc1ccccc1. The van der Waals surface area contributed by atoms with Gasteiger partial charge in [0, 0.05) is 35.4 Å². The van der Waals surface area contributed by atoms with Crippen molar-refractivity contribution in [3.63, 3.8) is 0 Å². The first kappa shape index (κ1) is 28.5. The van der Waals surface area contributed by atoms with Gasteiger partial charge >= 0.3 is 0 Å². The Morgan fingerprint density at radius 1 is 1.15 bits per heavy atom. The number of benzene rings is 2. The normalized spacial score (nSPS) is 24.2. The van der Waals surface area contributed by atoms with Crippen molar-refractivity contribution in [2.75, 3.05) is 12.4 Å². The predicted molar refractivity (Wildman–Crippen MR) is 155 cm³/mol.